The topological polar surface area (TPSA) is 75.7 Å². The van der Waals surface area contributed by atoms with E-state index in [9.17, 15) is 13.2 Å². The lowest BCUT2D eigenvalue weighted by Gasteiger charge is -2.23. The summed E-state index contributed by atoms with van der Waals surface area (Å²) in [6.45, 7) is 2.16. The smallest absolute Gasteiger partial charge is 0.232 e. The summed E-state index contributed by atoms with van der Waals surface area (Å²) in [7, 11) is -2.02. The molecule has 0 heterocycles. The van der Waals surface area contributed by atoms with Gasteiger partial charge in [-0.15, -0.1) is 0 Å². The minimum absolute atomic E-state index is 0.0455. The fourth-order valence-corrected chi connectivity index (χ4v) is 4.34. The highest BCUT2D eigenvalue weighted by Crippen LogP contribution is 2.30. The van der Waals surface area contributed by atoms with Crippen LogP contribution in [0.25, 0.3) is 0 Å². The number of benzene rings is 2. The number of carbonyl (C=O) groups is 1. The quantitative estimate of drug-likeness (QED) is 0.558. The van der Waals surface area contributed by atoms with Crippen LogP contribution in [0.15, 0.2) is 48.5 Å². The summed E-state index contributed by atoms with van der Waals surface area (Å²) >= 11 is 6.13. The van der Waals surface area contributed by atoms with Crippen LogP contribution in [-0.2, 0) is 21.2 Å². The molecular weight excluding hydrogens is 424 g/mol. The number of sulfonamides is 1. The van der Waals surface area contributed by atoms with Crippen LogP contribution >= 0.6 is 11.6 Å². The number of nitrogens with zero attached hydrogens (tertiary/aromatic N) is 1. The normalized spacial score (nSPS) is 12.3. The van der Waals surface area contributed by atoms with Crippen LogP contribution in [0.1, 0.15) is 31.7 Å². The first-order valence-electron chi connectivity index (χ1n) is 9.85. The van der Waals surface area contributed by atoms with Crippen LogP contribution in [0.4, 0.5) is 5.69 Å². The summed E-state index contributed by atoms with van der Waals surface area (Å²) < 4.78 is 30.8. The van der Waals surface area contributed by atoms with E-state index in [-0.39, 0.29) is 24.9 Å². The van der Waals surface area contributed by atoms with Gasteiger partial charge in [-0.05, 0) is 49.9 Å². The molecule has 0 aliphatic rings. The molecule has 2 aromatic rings. The maximum Gasteiger partial charge on any atom is 0.232 e. The number of amides is 1. The Kier molecular flexibility index (Phi) is 8.99. The summed E-state index contributed by atoms with van der Waals surface area (Å²) in [5.41, 5.74) is 1.68. The molecule has 8 heteroatoms. The number of rotatable bonds is 11. The van der Waals surface area contributed by atoms with Gasteiger partial charge in [-0.25, -0.2) is 8.42 Å². The summed E-state index contributed by atoms with van der Waals surface area (Å²) in [6, 6.07) is 15.0. The maximum absolute atomic E-state index is 12.3. The standard InChI is InChI=1S/C22H29ClN2O4S/c1-17(11-12-18-8-5-4-6-9-18)24-22(26)10-7-15-25(30(3,27)28)19-13-14-21(29-2)20(23)16-19/h4-6,8-9,13-14,16-17H,7,10-12,15H2,1-3H3,(H,24,26)/t17-/m1/s1. The van der Waals surface area contributed by atoms with Crippen molar-refractivity contribution in [2.45, 2.75) is 38.6 Å². The van der Waals surface area contributed by atoms with Gasteiger partial charge in [0.25, 0.3) is 0 Å². The van der Waals surface area contributed by atoms with Gasteiger partial charge in [-0.2, -0.15) is 0 Å². The number of anilines is 1. The van der Waals surface area contributed by atoms with E-state index in [2.05, 4.69) is 17.4 Å². The molecule has 0 aliphatic heterocycles. The van der Waals surface area contributed by atoms with Crippen molar-refractivity contribution in [2.24, 2.45) is 0 Å². The van der Waals surface area contributed by atoms with Gasteiger partial charge in [0.05, 0.1) is 24.1 Å². The molecule has 0 saturated heterocycles. The molecule has 2 rings (SSSR count). The van der Waals surface area contributed by atoms with Crippen molar-refractivity contribution in [3.63, 3.8) is 0 Å². The molecule has 0 radical (unpaired) electrons. The number of hydrogen-bond acceptors (Lipinski definition) is 4. The Balaban J connectivity index is 1.85. The molecule has 0 saturated carbocycles. The number of hydrogen-bond donors (Lipinski definition) is 1. The lowest BCUT2D eigenvalue weighted by Crippen LogP contribution is -2.35. The van der Waals surface area contributed by atoms with Gasteiger partial charge in [0.2, 0.25) is 15.9 Å². The average molecular weight is 453 g/mol. The summed E-state index contributed by atoms with van der Waals surface area (Å²) in [5, 5.41) is 3.31. The van der Waals surface area contributed by atoms with Crippen molar-refractivity contribution >= 4 is 33.2 Å². The van der Waals surface area contributed by atoms with E-state index in [1.54, 1.807) is 18.2 Å². The lowest BCUT2D eigenvalue weighted by molar-refractivity contribution is -0.121. The van der Waals surface area contributed by atoms with Crippen LogP contribution in [0, 0.1) is 0 Å². The second-order valence-corrected chi connectivity index (χ2v) is 9.56. The zero-order chi connectivity index (χ0) is 22.1. The Morgan fingerprint density at radius 1 is 1.20 bits per heavy atom. The number of methoxy groups -OCH3 is 1. The summed E-state index contributed by atoms with van der Waals surface area (Å²) in [4.78, 5) is 12.3. The Labute approximate surface area is 184 Å². The van der Waals surface area contributed by atoms with Crippen LogP contribution in [-0.4, -0.2) is 40.3 Å². The van der Waals surface area contributed by atoms with E-state index in [1.165, 1.54) is 17.0 Å². The maximum atomic E-state index is 12.3. The van der Waals surface area contributed by atoms with E-state index < -0.39 is 10.0 Å². The Morgan fingerprint density at radius 2 is 1.90 bits per heavy atom. The molecule has 0 aromatic heterocycles. The highest BCUT2D eigenvalue weighted by molar-refractivity contribution is 7.92. The van der Waals surface area contributed by atoms with Crippen molar-refractivity contribution in [3.05, 3.63) is 59.1 Å². The zero-order valence-corrected chi connectivity index (χ0v) is 19.2. The van der Waals surface area contributed by atoms with E-state index in [0.29, 0.717) is 22.9 Å². The highest BCUT2D eigenvalue weighted by atomic mass is 35.5. The average Bonchev–Trinajstić information content (AvgIpc) is 2.69. The van der Waals surface area contributed by atoms with Crippen molar-refractivity contribution in [3.8, 4) is 5.75 Å². The molecule has 0 unspecified atom stereocenters. The number of carbonyl (C=O) groups excluding carboxylic acids is 1. The van der Waals surface area contributed by atoms with Gasteiger partial charge in [0.1, 0.15) is 5.75 Å². The van der Waals surface area contributed by atoms with E-state index >= 15 is 0 Å². The molecule has 0 fully saturated rings. The number of ether oxygens (including phenoxy) is 1. The fourth-order valence-electron chi connectivity index (χ4n) is 3.13. The predicted octanol–water partition coefficient (Wildman–Crippen LogP) is 4.03. The second-order valence-electron chi connectivity index (χ2n) is 7.25. The first kappa shape index (κ1) is 24.0. The molecule has 2 aromatic carbocycles. The van der Waals surface area contributed by atoms with Crippen LogP contribution in [0.2, 0.25) is 5.02 Å². The lowest BCUT2D eigenvalue weighted by atomic mass is 10.1. The summed E-state index contributed by atoms with van der Waals surface area (Å²) in [6.07, 6.45) is 3.51. The molecule has 164 valence electrons. The Morgan fingerprint density at radius 3 is 2.50 bits per heavy atom. The second kappa shape index (κ2) is 11.2. The predicted molar refractivity (Wildman–Crippen MR) is 122 cm³/mol. The first-order valence-corrected chi connectivity index (χ1v) is 12.1. The molecule has 6 nitrogen and oxygen atoms in total. The molecule has 1 amide bonds. The Bertz CT molecular complexity index is 935. The number of nitrogens with one attached hydrogen (secondary N) is 1. The molecule has 1 N–H and O–H groups in total. The third kappa shape index (κ3) is 7.54. The van der Waals surface area contributed by atoms with Gasteiger partial charge in [-0.3, -0.25) is 9.10 Å². The van der Waals surface area contributed by atoms with Crippen LogP contribution < -0.4 is 14.4 Å². The van der Waals surface area contributed by atoms with Crippen molar-refractivity contribution in [1.29, 1.82) is 0 Å². The van der Waals surface area contributed by atoms with E-state index in [1.807, 2.05) is 25.1 Å². The largest absolute Gasteiger partial charge is 0.495 e. The highest BCUT2D eigenvalue weighted by Gasteiger charge is 2.19. The van der Waals surface area contributed by atoms with Crippen molar-refractivity contribution < 1.29 is 17.9 Å². The molecule has 0 aliphatic carbocycles. The Hall–Kier alpha value is -2.25. The zero-order valence-electron chi connectivity index (χ0n) is 17.6. The van der Waals surface area contributed by atoms with Crippen molar-refractivity contribution in [1.82, 2.24) is 5.32 Å². The van der Waals surface area contributed by atoms with Crippen LogP contribution in [0.3, 0.4) is 0 Å². The van der Waals surface area contributed by atoms with E-state index in [4.69, 9.17) is 16.3 Å². The monoisotopic (exact) mass is 452 g/mol. The van der Waals surface area contributed by atoms with Gasteiger partial charge in [-0.1, -0.05) is 41.9 Å². The van der Waals surface area contributed by atoms with Gasteiger partial charge < -0.3 is 10.1 Å². The first-order chi connectivity index (χ1) is 14.2. The minimum atomic E-state index is -3.51. The minimum Gasteiger partial charge on any atom is -0.495 e. The van der Waals surface area contributed by atoms with E-state index in [0.717, 1.165) is 19.1 Å². The molecule has 30 heavy (non-hydrogen) atoms. The van der Waals surface area contributed by atoms with Crippen molar-refractivity contribution in [2.75, 3.05) is 24.2 Å². The molecule has 0 bridgehead atoms. The van der Waals surface area contributed by atoms with Gasteiger partial charge in [0.15, 0.2) is 0 Å². The van der Waals surface area contributed by atoms with Gasteiger partial charge in [0, 0.05) is 19.0 Å². The van der Waals surface area contributed by atoms with Crippen LogP contribution in [0.5, 0.6) is 5.75 Å². The third-order valence-electron chi connectivity index (χ3n) is 4.70. The fraction of sp³-hybridized carbons (Fsp3) is 0.409. The molecule has 0 spiro atoms. The number of aryl methyl sites for hydroxylation is 1. The SMILES string of the molecule is COc1ccc(N(CCCC(=O)N[C@H](C)CCc2ccccc2)S(C)(=O)=O)cc1Cl. The third-order valence-corrected chi connectivity index (χ3v) is 6.19. The van der Waals surface area contributed by atoms with Gasteiger partial charge >= 0.3 is 0 Å². The number of halogens is 1. The molecular formula is C22H29ClN2O4S. The summed E-state index contributed by atoms with van der Waals surface area (Å²) in [5.74, 6) is 0.384. The molecule has 1 atom stereocenters.